The highest BCUT2D eigenvalue weighted by atomic mass is 32.1. The number of carbonyl (C=O) groups excluding carboxylic acids is 2. The Morgan fingerprint density at radius 2 is 1.91 bits per heavy atom. The molecule has 0 fully saturated rings. The summed E-state index contributed by atoms with van der Waals surface area (Å²) in [4.78, 5) is 24.2. The van der Waals surface area contributed by atoms with Crippen LogP contribution in [0.2, 0.25) is 0 Å². The Bertz CT molecular complexity index is 625. The first-order valence-electron chi connectivity index (χ1n) is 7.23. The van der Waals surface area contributed by atoms with Crippen LogP contribution in [0.1, 0.15) is 34.5 Å². The van der Waals surface area contributed by atoms with Gasteiger partial charge in [-0.2, -0.15) is 0 Å². The van der Waals surface area contributed by atoms with Gasteiger partial charge >= 0.3 is 0 Å². The van der Waals surface area contributed by atoms with Crippen LogP contribution >= 0.6 is 11.3 Å². The number of ketones is 1. The molecule has 1 N–H and O–H groups in total. The summed E-state index contributed by atoms with van der Waals surface area (Å²) in [7, 11) is 0. The highest BCUT2D eigenvalue weighted by molar-refractivity contribution is 7.12. The van der Waals surface area contributed by atoms with E-state index in [0.717, 1.165) is 4.88 Å². The van der Waals surface area contributed by atoms with Crippen molar-refractivity contribution < 1.29 is 14.0 Å². The molecule has 0 aliphatic heterocycles. The zero-order valence-corrected chi connectivity index (χ0v) is 13.0. The number of halogens is 1. The lowest BCUT2D eigenvalue weighted by Gasteiger charge is -2.06. The second-order valence-electron chi connectivity index (χ2n) is 4.95. The van der Waals surface area contributed by atoms with E-state index in [1.54, 1.807) is 24.3 Å². The number of amides is 1. The number of rotatable bonds is 8. The maximum absolute atomic E-state index is 13.4. The van der Waals surface area contributed by atoms with Gasteiger partial charge in [-0.3, -0.25) is 9.59 Å². The molecule has 1 aromatic heterocycles. The van der Waals surface area contributed by atoms with Crippen LogP contribution in [0.25, 0.3) is 0 Å². The van der Waals surface area contributed by atoms with Gasteiger partial charge in [-0.15, -0.1) is 11.3 Å². The molecule has 0 saturated heterocycles. The van der Waals surface area contributed by atoms with Crippen LogP contribution in [0.4, 0.5) is 4.39 Å². The predicted octanol–water partition coefficient (Wildman–Crippen LogP) is 3.60. The SMILES string of the molecule is O=C(CCCC(=O)c1cccs1)NCCc1ccccc1F. The van der Waals surface area contributed by atoms with E-state index in [0.29, 0.717) is 37.8 Å². The molecule has 0 unspecified atom stereocenters. The summed E-state index contributed by atoms with van der Waals surface area (Å²) in [5.74, 6) is -0.275. The van der Waals surface area contributed by atoms with Crippen molar-refractivity contribution in [2.24, 2.45) is 0 Å². The number of nitrogens with one attached hydrogen (secondary N) is 1. The third-order valence-corrected chi connectivity index (χ3v) is 4.19. The third-order valence-electron chi connectivity index (χ3n) is 3.28. The molecule has 0 radical (unpaired) electrons. The van der Waals surface area contributed by atoms with Gasteiger partial charge in [0.15, 0.2) is 5.78 Å². The molecule has 1 heterocycles. The van der Waals surface area contributed by atoms with Crippen molar-refractivity contribution in [3.63, 3.8) is 0 Å². The van der Waals surface area contributed by atoms with E-state index >= 15 is 0 Å². The number of hydrogen-bond acceptors (Lipinski definition) is 3. The van der Waals surface area contributed by atoms with E-state index in [1.165, 1.54) is 17.4 Å². The summed E-state index contributed by atoms with van der Waals surface area (Å²) in [6.45, 7) is 0.401. The summed E-state index contributed by atoms with van der Waals surface area (Å²) in [5, 5.41) is 4.62. The Morgan fingerprint density at radius 3 is 2.64 bits per heavy atom. The first-order valence-corrected chi connectivity index (χ1v) is 8.11. The molecule has 0 bridgehead atoms. The average Bonchev–Trinajstić information content (AvgIpc) is 3.03. The molecule has 0 aliphatic rings. The fourth-order valence-corrected chi connectivity index (χ4v) is 2.79. The summed E-state index contributed by atoms with van der Waals surface area (Å²) in [6, 6.07) is 10.2. The molecular weight excluding hydrogens is 301 g/mol. The number of thiophene rings is 1. The molecule has 2 aromatic rings. The van der Waals surface area contributed by atoms with Crippen molar-refractivity contribution in [2.45, 2.75) is 25.7 Å². The lowest BCUT2D eigenvalue weighted by atomic mass is 10.1. The minimum Gasteiger partial charge on any atom is -0.356 e. The molecular formula is C17H18FNO2S. The van der Waals surface area contributed by atoms with Crippen LogP contribution in [-0.4, -0.2) is 18.2 Å². The average molecular weight is 319 g/mol. The lowest BCUT2D eigenvalue weighted by molar-refractivity contribution is -0.121. The monoisotopic (exact) mass is 319 g/mol. The molecule has 22 heavy (non-hydrogen) atoms. The maximum Gasteiger partial charge on any atom is 0.220 e. The molecule has 0 spiro atoms. The molecule has 116 valence electrons. The largest absolute Gasteiger partial charge is 0.356 e. The minimum atomic E-state index is -0.252. The summed E-state index contributed by atoms with van der Waals surface area (Å²) < 4.78 is 13.4. The summed E-state index contributed by atoms with van der Waals surface area (Å²) in [5.41, 5.74) is 0.593. The highest BCUT2D eigenvalue weighted by Crippen LogP contribution is 2.13. The van der Waals surface area contributed by atoms with E-state index < -0.39 is 0 Å². The van der Waals surface area contributed by atoms with Crippen LogP contribution in [0.5, 0.6) is 0 Å². The zero-order chi connectivity index (χ0) is 15.8. The van der Waals surface area contributed by atoms with Gasteiger partial charge in [0.25, 0.3) is 0 Å². The van der Waals surface area contributed by atoms with Gasteiger partial charge in [-0.1, -0.05) is 24.3 Å². The van der Waals surface area contributed by atoms with Gasteiger partial charge in [-0.25, -0.2) is 4.39 Å². The van der Waals surface area contributed by atoms with Gasteiger partial charge in [0.2, 0.25) is 5.91 Å². The standard InChI is InChI=1S/C17H18FNO2S/c18-14-6-2-1-5-13(14)10-11-19-17(21)9-3-7-15(20)16-8-4-12-22-16/h1-2,4-6,8,12H,3,7,9-11H2,(H,19,21). The van der Waals surface area contributed by atoms with Crippen LogP contribution in [0.3, 0.4) is 0 Å². The van der Waals surface area contributed by atoms with Crippen LogP contribution in [0, 0.1) is 5.82 Å². The summed E-state index contributed by atoms with van der Waals surface area (Å²) >= 11 is 1.42. The molecule has 5 heteroatoms. The Hall–Kier alpha value is -2.01. The highest BCUT2D eigenvalue weighted by Gasteiger charge is 2.08. The fourth-order valence-electron chi connectivity index (χ4n) is 2.10. The van der Waals surface area contributed by atoms with Crippen molar-refractivity contribution in [3.05, 3.63) is 58.0 Å². The van der Waals surface area contributed by atoms with E-state index in [9.17, 15) is 14.0 Å². The molecule has 1 aromatic carbocycles. The first kappa shape index (κ1) is 16.4. The molecule has 0 saturated carbocycles. The van der Waals surface area contributed by atoms with Crippen molar-refractivity contribution in [1.82, 2.24) is 5.32 Å². The first-order chi connectivity index (χ1) is 10.7. The van der Waals surface area contributed by atoms with Gasteiger partial charge in [0, 0.05) is 19.4 Å². The van der Waals surface area contributed by atoms with Crippen molar-refractivity contribution >= 4 is 23.0 Å². The Kier molecular flexibility index (Phi) is 6.27. The summed E-state index contributed by atoms with van der Waals surface area (Å²) in [6.07, 6.45) is 1.68. The normalized spacial score (nSPS) is 10.4. The van der Waals surface area contributed by atoms with Crippen LogP contribution < -0.4 is 5.32 Å². The van der Waals surface area contributed by atoms with Gasteiger partial charge < -0.3 is 5.32 Å². The zero-order valence-electron chi connectivity index (χ0n) is 12.2. The number of hydrogen-bond donors (Lipinski definition) is 1. The lowest BCUT2D eigenvalue weighted by Crippen LogP contribution is -2.25. The second kappa shape index (κ2) is 8.44. The number of benzene rings is 1. The third kappa shape index (κ3) is 5.07. The van der Waals surface area contributed by atoms with Crippen LogP contribution in [0.15, 0.2) is 41.8 Å². The number of Topliss-reactive ketones (excluding diaryl/α,β-unsaturated/α-hetero) is 1. The van der Waals surface area contributed by atoms with E-state index in [2.05, 4.69) is 5.32 Å². The maximum atomic E-state index is 13.4. The van der Waals surface area contributed by atoms with E-state index in [-0.39, 0.29) is 17.5 Å². The Balaban J connectivity index is 1.62. The molecule has 3 nitrogen and oxygen atoms in total. The van der Waals surface area contributed by atoms with Gasteiger partial charge in [0.1, 0.15) is 5.82 Å². The van der Waals surface area contributed by atoms with Crippen molar-refractivity contribution in [2.75, 3.05) is 6.54 Å². The van der Waals surface area contributed by atoms with Crippen LogP contribution in [-0.2, 0) is 11.2 Å². The number of carbonyl (C=O) groups is 2. The second-order valence-corrected chi connectivity index (χ2v) is 5.89. The fraction of sp³-hybridized carbons (Fsp3) is 0.294. The molecule has 2 rings (SSSR count). The van der Waals surface area contributed by atoms with E-state index in [4.69, 9.17) is 0 Å². The van der Waals surface area contributed by atoms with Gasteiger partial charge in [-0.05, 0) is 35.9 Å². The van der Waals surface area contributed by atoms with Crippen molar-refractivity contribution in [3.8, 4) is 0 Å². The van der Waals surface area contributed by atoms with Gasteiger partial charge in [0.05, 0.1) is 4.88 Å². The smallest absolute Gasteiger partial charge is 0.220 e. The Morgan fingerprint density at radius 1 is 1.09 bits per heavy atom. The minimum absolute atomic E-state index is 0.0779. The Labute approximate surface area is 133 Å². The molecule has 0 atom stereocenters. The topological polar surface area (TPSA) is 46.2 Å². The van der Waals surface area contributed by atoms with E-state index in [1.807, 2.05) is 11.4 Å². The molecule has 1 amide bonds. The quantitative estimate of drug-likeness (QED) is 0.756. The van der Waals surface area contributed by atoms with Crippen molar-refractivity contribution in [1.29, 1.82) is 0 Å². The predicted molar refractivity (Wildman–Crippen MR) is 85.6 cm³/mol. The molecule has 0 aliphatic carbocycles.